The monoisotopic (exact) mass is 279 g/mol. The van der Waals surface area contributed by atoms with Crippen molar-refractivity contribution in [1.29, 1.82) is 0 Å². The van der Waals surface area contributed by atoms with E-state index in [0.717, 1.165) is 0 Å². The fraction of sp³-hybridized carbons (Fsp3) is 0.214. The number of carboxylic acid groups (broad SMARTS) is 1. The maximum absolute atomic E-state index is 13.5. The first-order valence-corrected chi connectivity index (χ1v) is 6.65. The fourth-order valence-corrected chi connectivity index (χ4v) is 2.60. The van der Waals surface area contributed by atoms with Gasteiger partial charge in [-0.2, -0.15) is 0 Å². The van der Waals surface area contributed by atoms with Gasteiger partial charge in [0.05, 0.1) is 5.56 Å². The summed E-state index contributed by atoms with van der Waals surface area (Å²) >= 11 is 1.68. The van der Waals surface area contributed by atoms with Crippen LogP contribution in [0, 0.1) is 12.7 Å². The molecule has 2 aromatic rings. The van der Waals surface area contributed by atoms with E-state index in [1.165, 1.54) is 28.0 Å². The Balaban J connectivity index is 1.99. The summed E-state index contributed by atoms with van der Waals surface area (Å²) in [6, 6.07) is 7.88. The molecule has 5 heteroatoms. The number of thiophene rings is 1. The zero-order valence-electron chi connectivity index (χ0n) is 10.4. The Kier molecular flexibility index (Phi) is 4.29. The summed E-state index contributed by atoms with van der Waals surface area (Å²) in [7, 11) is 0. The molecule has 2 rings (SSSR count). The number of benzene rings is 1. The Hall–Kier alpha value is -1.72. The number of aryl methyl sites for hydroxylation is 1. The summed E-state index contributed by atoms with van der Waals surface area (Å²) in [4.78, 5) is 13.2. The predicted octanol–water partition coefficient (Wildman–Crippen LogP) is 3.18. The van der Waals surface area contributed by atoms with Crippen LogP contribution in [0.25, 0.3) is 0 Å². The average molecular weight is 279 g/mol. The molecule has 1 aromatic heterocycles. The van der Waals surface area contributed by atoms with Gasteiger partial charge in [-0.25, -0.2) is 9.18 Å². The summed E-state index contributed by atoms with van der Waals surface area (Å²) in [5.74, 6) is -1.44. The first-order valence-electron chi connectivity index (χ1n) is 5.84. The normalized spacial score (nSPS) is 10.6. The van der Waals surface area contributed by atoms with E-state index in [1.54, 1.807) is 11.3 Å². The number of nitrogens with one attached hydrogen (secondary N) is 1. The van der Waals surface area contributed by atoms with Crippen molar-refractivity contribution in [3.8, 4) is 0 Å². The molecule has 0 unspecified atom stereocenters. The summed E-state index contributed by atoms with van der Waals surface area (Å²) in [5.41, 5.74) is 0.471. The third-order valence-corrected chi connectivity index (χ3v) is 3.70. The summed E-state index contributed by atoms with van der Waals surface area (Å²) in [6.45, 7) is 2.99. The van der Waals surface area contributed by atoms with Crippen LogP contribution >= 0.6 is 11.3 Å². The number of aromatic carboxylic acids is 1. The maximum atomic E-state index is 13.5. The van der Waals surface area contributed by atoms with Crippen molar-refractivity contribution in [2.75, 3.05) is 0 Å². The van der Waals surface area contributed by atoms with Gasteiger partial charge in [-0.3, -0.25) is 0 Å². The molecular weight excluding hydrogens is 265 g/mol. The third-order valence-electron chi connectivity index (χ3n) is 2.70. The lowest BCUT2D eigenvalue weighted by molar-refractivity contribution is 0.0696. The highest BCUT2D eigenvalue weighted by Gasteiger charge is 2.08. The highest BCUT2D eigenvalue weighted by molar-refractivity contribution is 7.11. The lowest BCUT2D eigenvalue weighted by Gasteiger charge is -2.06. The first-order chi connectivity index (χ1) is 9.06. The van der Waals surface area contributed by atoms with Crippen LogP contribution in [-0.2, 0) is 13.1 Å². The zero-order valence-corrected chi connectivity index (χ0v) is 11.3. The SMILES string of the molecule is Cc1ccc(CNCc2cc(C(=O)O)ccc2F)s1. The number of rotatable bonds is 5. The van der Waals surface area contributed by atoms with Crippen molar-refractivity contribution in [2.45, 2.75) is 20.0 Å². The smallest absolute Gasteiger partial charge is 0.335 e. The lowest BCUT2D eigenvalue weighted by atomic mass is 10.1. The van der Waals surface area contributed by atoms with Crippen LogP contribution in [0.5, 0.6) is 0 Å². The van der Waals surface area contributed by atoms with Crippen LogP contribution in [0.3, 0.4) is 0 Å². The summed E-state index contributed by atoms with van der Waals surface area (Å²) in [6.07, 6.45) is 0. The van der Waals surface area contributed by atoms with Crippen LogP contribution in [-0.4, -0.2) is 11.1 Å². The van der Waals surface area contributed by atoms with E-state index in [4.69, 9.17) is 5.11 Å². The second kappa shape index (κ2) is 5.95. The van der Waals surface area contributed by atoms with E-state index in [-0.39, 0.29) is 11.4 Å². The molecule has 0 aliphatic carbocycles. The molecule has 0 aliphatic heterocycles. The van der Waals surface area contributed by atoms with Gasteiger partial charge in [0.25, 0.3) is 0 Å². The van der Waals surface area contributed by atoms with Crippen LogP contribution in [0.1, 0.15) is 25.7 Å². The molecule has 3 nitrogen and oxygen atoms in total. The van der Waals surface area contributed by atoms with Gasteiger partial charge < -0.3 is 10.4 Å². The maximum Gasteiger partial charge on any atom is 0.335 e. The molecule has 0 fully saturated rings. The average Bonchev–Trinajstić information content (AvgIpc) is 2.77. The standard InChI is InChI=1S/C14H14FNO2S/c1-9-2-4-12(19-9)8-16-7-11-6-10(14(17)18)3-5-13(11)15/h2-6,16H,7-8H2,1H3,(H,17,18). The second-order valence-electron chi connectivity index (χ2n) is 4.23. The number of carboxylic acids is 1. The van der Waals surface area contributed by atoms with Crippen molar-refractivity contribution >= 4 is 17.3 Å². The molecule has 19 heavy (non-hydrogen) atoms. The number of hydrogen-bond acceptors (Lipinski definition) is 3. The van der Waals surface area contributed by atoms with E-state index < -0.39 is 5.97 Å². The van der Waals surface area contributed by atoms with Crippen LogP contribution in [0.2, 0.25) is 0 Å². The van der Waals surface area contributed by atoms with Gasteiger partial charge in [-0.1, -0.05) is 0 Å². The highest BCUT2D eigenvalue weighted by atomic mass is 32.1. The number of halogens is 1. The van der Waals surface area contributed by atoms with E-state index in [1.807, 2.05) is 19.1 Å². The quantitative estimate of drug-likeness (QED) is 0.883. The molecule has 2 N–H and O–H groups in total. The minimum Gasteiger partial charge on any atom is -0.478 e. The molecule has 0 bridgehead atoms. The van der Waals surface area contributed by atoms with Crippen molar-refractivity contribution in [3.05, 3.63) is 57.0 Å². The second-order valence-corrected chi connectivity index (χ2v) is 5.60. The van der Waals surface area contributed by atoms with Gasteiger partial charge in [0.1, 0.15) is 5.82 Å². The molecular formula is C14H14FNO2S. The number of hydrogen-bond donors (Lipinski definition) is 2. The van der Waals surface area contributed by atoms with Crippen molar-refractivity contribution in [2.24, 2.45) is 0 Å². The Labute approximate surface area is 114 Å². The molecule has 0 radical (unpaired) electrons. The van der Waals surface area contributed by atoms with Crippen LogP contribution < -0.4 is 5.32 Å². The van der Waals surface area contributed by atoms with E-state index in [9.17, 15) is 9.18 Å². The van der Waals surface area contributed by atoms with E-state index >= 15 is 0 Å². The lowest BCUT2D eigenvalue weighted by Crippen LogP contribution is -2.13. The summed E-state index contributed by atoms with van der Waals surface area (Å²) < 4.78 is 13.5. The van der Waals surface area contributed by atoms with Gasteiger partial charge in [0.15, 0.2) is 0 Å². The van der Waals surface area contributed by atoms with Gasteiger partial charge in [0.2, 0.25) is 0 Å². The molecule has 0 atom stereocenters. The van der Waals surface area contributed by atoms with E-state index in [0.29, 0.717) is 18.7 Å². The Morgan fingerprint density at radius 2 is 2.11 bits per heavy atom. The Bertz CT molecular complexity index is 595. The van der Waals surface area contributed by atoms with Crippen LogP contribution in [0.15, 0.2) is 30.3 Å². The van der Waals surface area contributed by atoms with Gasteiger partial charge in [0, 0.05) is 28.4 Å². The van der Waals surface area contributed by atoms with Gasteiger partial charge in [-0.15, -0.1) is 11.3 Å². The molecule has 0 aliphatic rings. The van der Waals surface area contributed by atoms with E-state index in [2.05, 4.69) is 5.32 Å². The largest absolute Gasteiger partial charge is 0.478 e. The van der Waals surface area contributed by atoms with Crippen molar-refractivity contribution in [1.82, 2.24) is 5.32 Å². The number of carbonyl (C=O) groups is 1. The molecule has 0 saturated heterocycles. The summed E-state index contributed by atoms with van der Waals surface area (Å²) in [5, 5.41) is 12.0. The zero-order chi connectivity index (χ0) is 13.8. The Morgan fingerprint density at radius 1 is 1.32 bits per heavy atom. The van der Waals surface area contributed by atoms with Gasteiger partial charge in [-0.05, 0) is 37.3 Å². The third kappa shape index (κ3) is 3.62. The molecule has 0 saturated carbocycles. The van der Waals surface area contributed by atoms with Crippen LogP contribution in [0.4, 0.5) is 4.39 Å². The minimum absolute atomic E-state index is 0.102. The first kappa shape index (κ1) is 13.7. The minimum atomic E-state index is -1.05. The van der Waals surface area contributed by atoms with Gasteiger partial charge >= 0.3 is 5.97 Å². The topological polar surface area (TPSA) is 49.3 Å². The fourth-order valence-electron chi connectivity index (χ4n) is 1.74. The molecule has 1 heterocycles. The molecule has 1 aromatic carbocycles. The molecule has 0 amide bonds. The molecule has 0 spiro atoms. The molecule has 100 valence electrons. The Morgan fingerprint density at radius 3 is 2.74 bits per heavy atom. The predicted molar refractivity (Wildman–Crippen MR) is 73.0 cm³/mol. The van der Waals surface area contributed by atoms with Crippen molar-refractivity contribution < 1.29 is 14.3 Å². The highest BCUT2D eigenvalue weighted by Crippen LogP contribution is 2.15. The van der Waals surface area contributed by atoms with Crippen molar-refractivity contribution in [3.63, 3.8) is 0 Å².